The van der Waals surface area contributed by atoms with E-state index in [1.54, 1.807) is 0 Å². The third kappa shape index (κ3) is 3.33. The van der Waals surface area contributed by atoms with Gasteiger partial charge in [-0.15, -0.1) is 0 Å². The fraction of sp³-hybridized carbons (Fsp3) is 0. The smallest absolute Gasteiger partial charge is 0.235 e. The maximum absolute atomic E-state index is 5.34. The highest BCUT2D eigenvalue weighted by molar-refractivity contribution is 6.23. The monoisotopic (exact) mass is 610 g/mol. The summed E-state index contributed by atoms with van der Waals surface area (Å²) < 4.78 is 4.72. The van der Waals surface area contributed by atoms with E-state index in [2.05, 4.69) is 161 Å². The summed E-state index contributed by atoms with van der Waals surface area (Å²) in [5.41, 5.74) is 12.5. The van der Waals surface area contributed by atoms with Crippen molar-refractivity contribution in [1.29, 1.82) is 0 Å². The van der Waals surface area contributed by atoms with Gasteiger partial charge in [0.15, 0.2) is 0 Å². The van der Waals surface area contributed by atoms with Crippen molar-refractivity contribution in [2.75, 3.05) is 0 Å². The highest BCUT2D eigenvalue weighted by Crippen LogP contribution is 2.53. The molecule has 0 saturated carbocycles. The van der Waals surface area contributed by atoms with Gasteiger partial charge in [-0.1, -0.05) is 127 Å². The number of hydrogen-bond donors (Lipinski definition) is 0. The van der Waals surface area contributed by atoms with Crippen molar-refractivity contribution in [3.8, 4) is 45.3 Å². The molecule has 222 valence electrons. The normalized spacial score (nSPS) is 12.2. The van der Waals surface area contributed by atoms with E-state index in [0.717, 1.165) is 33.4 Å². The molecule has 4 heteroatoms. The molecule has 11 rings (SSSR count). The molecule has 1 aliphatic rings. The molecule has 3 heterocycles. The van der Waals surface area contributed by atoms with Crippen molar-refractivity contribution in [2.45, 2.75) is 0 Å². The summed E-state index contributed by atoms with van der Waals surface area (Å²) in [6.07, 6.45) is 0. The van der Waals surface area contributed by atoms with Gasteiger partial charge in [-0.05, 0) is 35.9 Å². The van der Waals surface area contributed by atoms with Crippen LogP contribution in [0.4, 0.5) is 0 Å². The summed E-state index contributed by atoms with van der Waals surface area (Å²) in [4.78, 5) is 10.6. The lowest BCUT2D eigenvalue weighted by Crippen LogP contribution is -2.05. The van der Waals surface area contributed by atoms with Crippen molar-refractivity contribution < 1.29 is 0 Å². The second kappa shape index (κ2) is 9.50. The highest BCUT2D eigenvalue weighted by Gasteiger charge is 2.31. The number of para-hydroxylation sites is 4. The minimum Gasteiger partial charge on any atom is -0.309 e. The number of fused-ring (bicyclic) bond motifs is 9. The van der Waals surface area contributed by atoms with E-state index in [0.29, 0.717) is 5.95 Å². The van der Waals surface area contributed by atoms with E-state index in [4.69, 9.17) is 9.97 Å². The van der Waals surface area contributed by atoms with Crippen molar-refractivity contribution in [2.24, 2.45) is 0 Å². The summed E-state index contributed by atoms with van der Waals surface area (Å²) >= 11 is 0. The predicted octanol–water partition coefficient (Wildman–Crippen LogP) is 11.1. The van der Waals surface area contributed by atoms with Crippen LogP contribution in [0.2, 0.25) is 0 Å². The van der Waals surface area contributed by atoms with E-state index in [9.17, 15) is 0 Å². The Bertz CT molecular complexity index is 2890. The number of nitrogens with zero attached hydrogens (tertiary/aromatic N) is 4. The lowest BCUT2D eigenvalue weighted by atomic mass is 10.00. The quantitative estimate of drug-likeness (QED) is 0.199. The van der Waals surface area contributed by atoms with Gasteiger partial charge in [0, 0.05) is 49.0 Å². The Hall–Kier alpha value is -6.52. The number of rotatable bonds is 3. The lowest BCUT2D eigenvalue weighted by molar-refractivity contribution is 0.993. The zero-order valence-corrected chi connectivity index (χ0v) is 25.8. The first-order valence-corrected chi connectivity index (χ1v) is 16.4. The van der Waals surface area contributed by atoms with Crippen molar-refractivity contribution in [3.63, 3.8) is 0 Å². The lowest BCUT2D eigenvalue weighted by Gasteiger charge is -2.15. The molecule has 7 aromatic carbocycles. The second-order valence-corrected chi connectivity index (χ2v) is 12.6. The fourth-order valence-electron chi connectivity index (χ4n) is 8.13. The molecule has 0 N–H and O–H groups in total. The molecule has 1 aliphatic carbocycles. The van der Waals surface area contributed by atoms with Gasteiger partial charge in [0.2, 0.25) is 5.95 Å². The minimum atomic E-state index is 0.678. The Morgan fingerprint density at radius 1 is 0.396 bits per heavy atom. The largest absolute Gasteiger partial charge is 0.309 e. The SMILES string of the molecule is c1ccc(-c2nc(-n3c4c(c5ccccc53)-c3cccc5c(-n6c7ccccc7c7ccccc76)ccc-4c35)nc3ccccc23)cc1. The summed E-state index contributed by atoms with van der Waals surface area (Å²) in [5, 5.41) is 7.27. The third-order valence-electron chi connectivity index (χ3n) is 10.1. The molecule has 0 saturated heterocycles. The molecular formula is C44H26N4. The third-order valence-corrected chi connectivity index (χ3v) is 10.1. The van der Waals surface area contributed by atoms with Crippen LogP contribution in [0, 0.1) is 0 Å². The van der Waals surface area contributed by atoms with Gasteiger partial charge in [-0.2, -0.15) is 0 Å². The van der Waals surface area contributed by atoms with Crippen LogP contribution in [0.3, 0.4) is 0 Å². The summed E-state index contributed by atoms with van der Waals surface area (Å²) in [6, 6.07) is 56.3. The van der Waals surface area contributed by atoms with E-state index >= 15 is 0 Å². The van der Waals surface area contributed by atoms with E-state index in [1.807, 2.05) is 6.07 Å². The van der Waals surface area contributed by atoms with Crippen LogP contribution in [0.5, 0.6) is 0 Å². The van der Waals surface area contributed by atoms with E-state index in [1.165, 1.54) is 60.3 Å². The maximum atomic E-state index is 5.34. The van der Waals surface area contributed by atoms with Crippen molar-refractivity contribution in [3.05, 3.63) is 158 Å². The molecule has 0 aliphatic heterocycles. The Morgan fingerprint density at radius 2 is 1.00 bits per heavy atom. The molecule has 10 aromatic rings. The average Bonchev–Trinajstić information content (AvgIpc) is 3.79. The Kier molecular flexibility index (Phi) is 5.08. The van der Waals surface area contributed by atoms with Crippen LogP contribution in [0.15, 0.2) is 158 Å². The molecular weight excluding hydrogens is 585 g/mol. The Balaban J connectivity index is 1.23. The molecule has 0 radical (unpaired) electrons. The van der Waals surface area contributed by atoms with E-state index < -0.39 is 0 Å². The zero-order chi connectivity index (χ0) is 31.3. The first kappa shape index (κ1) is 25.6. The minimum absolute atomic E-state index is 0.678. The van der Waals surface area contributed by atoms with Gasteiger partial charge in [-0.3, -0.25) is 4.57 Å². The van der Waals surface area contributed by atoms with Crippen LogP contribution in [-0.2, 0) is 0 Å². The summed E-state index contributed by atoms with van der Waals surface area (Å²) in [6.45, 7) is 0. The first-order valence-electron chi connectivity index (χ1n) is 16.4. The molecule has 4 nitrogen and oxygen atoms in total. The summed E-state index contributed by atoms with van der Waals surface area (Å²) in [5.74, 6) is 0.678. The maximum Gasteiger partial charge on any atom is 0.235 e. The van der Waals surface area contributed by atoms with Gasteiger partial charge in [0.05, 0.1) is 39.1 Å². The van der Waals surface area contributed by atoms with Crippen molar-refractivity contribution in [1.82, 2.24) is 19.1 Å². The number of hydrogen-bond acceptors (Lipinski definition) is 2. The predicted molar refractivity (Wildman–Crippen MR) is 198 cm³/mol. The standard InChI is InChI=1S/C44H26N4/c1-2-13-27(14-3-1)42-30-17-4-8-21-35(30)45-44(46-42)48-38-24-11-7-18-32(38)41-33-20-12-19-31-39(26-25-34(40(31)33)43(41)48)47-36-22-9-5-15-28(36)29-16-6-10-23-37(29)47/h1-26H. The molecule has 0 bridgehead atoms. The fourth-order valence-corrected chi connectivity index (χ4v) is 8.13. The van der Waals surface area contributed by atoms with Crippen LogP contribution in [0.25, 0.3) is 99.7 Å². The van der Waals surface area contributed by atoms with Gasteiger partial charge in [-0.25, -0.2) is 9.97 Å². The Morgan fingerprint density at radius 3 is 1.75 bits per heavy atom. The molecule has 0 unspecified atom stereocenters. The van der Waals surface area contributed by atoms with Gasteiger partial charge < -0.3 is 4.57 Å². The molecule has 3 aromatic heterocycles. The number of aromatic nitrogens is 4. The topological polar surface area (TPSA) is 35.6 Å². The number of benzene rings is 7. The van der Waals surface area contributed by atoms with Crippen LogP contribution in [0.1, 0.15) is 0 Å². The van der Waals surface area contributed by atoms with Gasteiger partial charge >= 0.3 is 0 Å². The van der Waals surface area contributed by atoms with E-state index in [-0.39, 0.29) is 0 Å². The van der Waals surface area contributed by atoms with Crippen LogP contribution in [-0.4, -0.2) is 19.1 Å². The van der Waals surface area contributed by atoms with Crippen molar-refractivity contribution >= 4 is 54.4 Å². The molecule has 0 amide bonds. The van der Waals surface area contributed by atoms with Gasteiger partial charge in [0.1, 0.15) is 0 Å². The molecule has 0 atom stereocenters. The highest BCUT2D eigenvalue weighted by atomic mass is 15.2. The average molecular weight is 611 g/mol. The molecule has 48 heavy (non-hydrogen) atoms. The second-order valence-electron chi connectivity index (χ2n) is 12.6. The zero-order valence-electron chi connectivity index (χ0n) is 25.8. The summed E-state index contributed by atoms with van der Waals surface area (Å²) in [7, 11) is 0. The van der Waals surface area contributed by atoms with Gasteiger partial charge in [0.25, 0.3) is 0 Å². The first-order chi connectivity index (χ1) is 23.8. The Labute approximate surface area is 275 Å². The van der Waals surface area contributed by atoms with Crippen LogP contribution >= 0.6 is 0 Å². The molecule has 0 spiro atoms. The molecule has 0 fully saturated rings. The van der Waals surface area contributed by atoms with Crippen LogP contribution < -0.4 is 0 Å².